The van der Waals surface area contributed by atoms with Crippen LogP contribution < -0.4 is 5.32 Å². The summed E-state index contributed by atoms with van der Waals surface area (Å²) >= 11 is 0. The first-order valence-corrected chi connectivity index (χ1v) is 5.01. The molecule has 0 aliphatic carbocycles. The van der Waals surface area contributed by atoms with Crippen LogP contribution in [-0.4, -0.2) is 11.5 Å². The lowest BCUT2D eigenvalue weighted by Crippen LogP contribution is -2.34. The Kier molecular flexibility index (Phi) is 1.74. The predicted octanol–water partition coefficient (Wildman–Crippen LogP) is 2.27. The first kappa shape index (κ1) is 7.94. The van der Waals surface area contributed by atoms with Crippen LogP contribution in [0, 0.1) is 0 Å². The van der Waals surface area contributed by atoms with E-state index >= 15 is 0 Å². The number of hydrogen-bond acceptors (Lipinski definition) is 2. The molecule has 2 nitrogen and oxygen atoms in total. The predicted molar refractivity (Wildman–Crippen MR) is 57.1 cm³/mol. The molecule has 70 valence electrons. The van der Waals surface area contributed by atoms with Gasteiger partial charge in [-0.3, -0.25) is 4.98 Å². The van der Waals surface area contributed by atoms with E-state index in [9.17, 15) is 0 Å². The topological polar surface area (TPSA) is 24.9 Å². The molecule has 1 aromatic carbocycles. The molecule has 0 radical (unpaired) electrons. The Balaban J connectivity index is 2.10. The Morgan fingerprint density at radius 2 is 2.21 bits per heavy atom. The van der Waals surface area contributed by atoms with E-state index in [1.54, 1.807) is 0 Å². The summed E-state index contributed by atoms with van der Waals surface area (Å²) in [6.45, 7) is 1.14. The van der Waals surface area contributed by atoms with Crippen molar-refractivity contribution in [3.63, 3.8) is 0 Å². The van der Waals surface area contributed by atoms with Gasteiger partial charge in [-0.15, -0.1) is 0 Å². The zero-order chi connectivity index (χ0) is 9.38. The number of nitrogens with zero attached hydrogens (tertiary/aromatic N) is 1. The van der Waals surface area contributed by atoms with Crippen molar-refractivity contribution >= 4 is 10.9 Å². The van der Waals surface area contributed by atoms with Crippen molar-refractivity contribution in [2.75, 3.05) is 6.54 Å². The van der Waals surface area contributed by atoms with Gasteiger partial charge >= 0.3 is 0 Å². The Morgan fingerprint density at radius 3 is 3.00 bits per heavy atom. The van der Waals surface area contributed by atoms with Gasteiger partial charge in [0.25, 0.3) is 0 Å². The van der Waals surface area contributed by atoms with E-state index in [-0.39, 0.29) is 0 Å². The van der Waals surface area contributed by atoms with Crippen molar-refractivity contribution in [2.24, 2.45) is 0 Å². The van der Waals surface area contributed by atoms with Crippen LogP contribution in [0.2, 0.25) is 0 Å². The standard InChI is InChI=1S/C12H12N2/c1-2-9-3-4-10(11-5-7-14-11)8-12(9)13-6-1/h1-4,6,8,11,14H,5,7H2/t11-/m0/s1. The molecule has 0 spiro atoms. The number of aromatic nitrogens is 1. The third-order valence-corrected chi connectivity index (χ3v) is 2.86. The first-order chi connectivity index (χ1) is 6.93. The molecule has 3 rings (SSSR count). The van der Waals surface area contributed by atoms with E-state index in [0.29, 0.717) is 6.04 Å². The van der Waals surface area contributed by atoms with Gasteiger partial charge < -0.3 is 5.32 Å². The van der Waals surface area contributed by atoms with Gasteiger partial charge in [0.05, 0.1) is 5.52 Å². The molecule has 0 bridgehead atoms. The quantitative estimate of drug-likeness (QED) is 0.735. The first-order valence-electron chi connectivity index (χ1n) is 5.01. The maximum absolute atomic E-state index is 4.35. The van der Waals surface area contributed by atoms with E-state index in [0.717, 1.165) is 12.1 Å². The Morgan fingerprint density at radius 1 is 1.29 bits per heavy atom. The van der Waals surface area contributed by atoms with Crippen LogP contribution in [0.15, 0.2) is 36.5 Å². The number of pyridine rings is 1. The third kappa shape index (κ3) is 1.19. The van der Waals surface area contributed by atoms with E-state index in [4.69, 9.17) is 0 Å². The second kappa shape index (κ2) is 3.07. The monoisotopic (exact) mass is 184 g/mol. The fourth-order valence-electron chi connectivity index (χ4n) is 1.87. The number of hydrogen-bond donors (Lipinski definition) is 1. The highest BCUT2D eigenvalue weighted by Crippen LogP contribution is 2.25. The molecule has 2 aromatic rings. The summed E-state index contributed by atoms with van der Waals surface area (Å²) in [6.07, 6.45) is 3.10. The van der Waals surface area contributed by atoms with Crippen molar-refractivity contribution in [2.45, 2.75) is 12.5 Å². The minimum atomic E-state index is 0.557. The van der Waals surface area contributed by atoms with Gasteiger partial charge in [0, 0.05) is 17.6 Å². The molecule has 1 fully saturated rings. The molecule has 1 aromatic heterocycles. The molecule has 1 N–H and O–H groups in total. The van der Waals surface area contributed by atoms with E-state index in [1.165, 1.54) is 17.4 Å². The van der Waals surface area contributed by atoms with Gasteiger partial charge in [0.2, 0.25) is 0 Å². The lowest BCUT2D eigenvalue weighted by molar-refractivity contribution is 0.383. The molecule has 1 aliphatic rings. The summed E-state index contributed by atoms with van der Waals surface area (Å²) in [7, 11) is 0. The average molecular weight is 184 g/mol. The largest absolute Gasteiger partial charge is 0.310 e. The van der Waals surface area contributed by atoms with Gasteiger partial charge in [-0.1, -0.05) is 18.2 Å². The van der Waals surface area contributed by atoms with Crippen LogP contribution in [0.5, 0.6) is 0 Å². The maximum Gasteiger partial charge on any atom is 0.0705 e. The van der Waals surface area contributed by atoms with Crippen molar-refractivity contribution in [3.05, 3.63) is 42.1 Å². The van der Waals surface area contributed by atoms with E-state index < -0.39 is 0 Å². The Bertz CT molecular complexity index is 461. The number of fused-ring (bicyclic) bond motifs is 1. The lowest BCUT2D eigenvalue weighted by Gasteiger charge is -2.28. The smallest absolute Gasteiger partial charge is 0.0705 e. The van der Waals surface area contributed by atoms with Gasteiger partial charge in [0.15, 0.2) is 0 Å². The summed E-state index contributed by atoms with van der Waals surface area (Å²) < 4.78 is 0. The van der Waals surface area contributed by atoms with Gasteiger partial charge in [0.1, 0.15) is 0 Å². The molecule has 0 saturated carbocycles. The van der Waals surface area contributed by atoms with Crippen LogP contribution >= 0.6 is 0 Å². The zero-order valence-electron chi connectivity index (χ0n) is 7.90. The lowest BCUT2D eigenvalue weighted by atomic mass is 9.97. The minimum Gasteiger partial charge on any atom is -0.310 e. The molecule has 2 heteroatoms. The van der Waals surface area contributed by atoms with Crippen molar-refractivity contribution < 1.29 is 0 Å². The highest BCUT2D eigenvalue weighted by molar-refractivity contribution is 5.79. The molecule has 14 heavy (non-hydrogen) atoms. The summed E-state index contributed by atoms with van der Waals surface area (Å²) in [5.74, 6) is 0. The molecule has 2 heterocycles. The summed E-state index contributed by atoms with van der Waals surface area (Å²) in [6, 6.07) is 11.2. The van der Waals surface area contributed by atoms with Gasteiger partial charge in [-0.25, -0.2) is 0 Å². The van der Waals surface area contributed by atoms with Crippen LogP contribution in [-0.2, 0) is 0 Å². The molecular formula is C12H12N2. The fourth-order valence-corrected chi connectivity index (χ4v) is 1.87. The van der Waals surface area contributed by atoms with Crippen LogP contribution in [0.4, 0.5) is 0 Å². The summed E-state index contributed by atoms with van der Waals surface area (Å²) in [5, 5.41) is 4.62. The average Bonchev–Trinajstić information content (AvgIpc) is 2.15. The normalized spacial score (nSPS) is 20.7. The molecule has 1 aliphatic heterocycles. The second-order valence-corrected chi connectivity index (χ2v) is 3.75. The molecule has 0 amide bonds. The maximum atomic E-state index is 4.35. The van der Waals surface area contributed by atoms with Gasteiger partial charge in [-0.05, 0) is 30.7 Å². The fraction of sp³-hybridized carbons (Fsp3) is 0.250. The Labute approximate surface area is 83.0 Å². The van der Waals surface area contributed by atoms with Crippen LogP contribution in [0.1, 0.15) is 18.0 Å². The van der Waals surface area contributed by atoms with Crippen LogP contribution in [0.3, 0.4) is 0 Å². The summed E-state index contributed by atoms with van der Waals surface area (Å²) in [5.41, 5.74) is 2.46. The highest BCUT2D eigenvalue weighted by Gasteiger charge is 2.18. The minimum absolute atomic E-state index is 0.557. The third-order valence-electron chi connectivity index (χ3n) is 2.86. The van der Waals surface area contributed by atoms with Crippen molar-refractivity contribution in [1.82, 2.24) is 10.3 Å². The highest BCUT2D eigenvalue weighted by atomic mass is 15.0. The molecular weight excluding hydrogens is 172 g/mol. The van der Waals surface area contributed by atoms with Crippen molar-refractivity contribution in [3.8, 4) is 0 Å². The number of nitrogens with one attached hydrogen (secondary N) is 1. The number of rotatable bonds is 1. The van der Waals surface area contributed by atoms with Gasteiger partial charge in [-0.2, -0.15) is 0 Å². The molecule has 1 atom stereocenters. The molecule has 0 unspecified atom stereocenters. The molecule has 1 saturated heterocycles. The zero-order valence-corrected chi connectivity index (χ0v) is 7.90. The van der Waals surface area contributed by atoms with Crippen LogP contribution in [0.25, 0.3) is 10.9 Å². The second-order valence-electron chi connectivity index (χ2n) is 3.75. The summed E-state index contributed by atoms with van der Waals surface area (Å²) in [4.78, 5) is 4.35. The number of benzene rings is 1. The SMILES string of the molecule is c1cnc2cc([C@@H]3CCN3)ccc2c1. The van der Waals surface area contributed by atoms with E-state index in [2.05, 4.69) is 34.6 Å². The van der Waals surface area contributed by atoms with E-state index in [1.807, 2.05) is 12.3 Å². The van der Waals surface area contributed by atoms with Crippen molar-refractivity contribution in [1.29, 1.82) is 0 Å². The Hall–Kier alpha value is -1.41.